The third-order valence-corrected chi connectivity index (χ3v) is 12.7. The van der Waals surface area contributed by atoms with Crippen molar-refractivity contribution in [2.24, 2.45) is 4.99 Å². The lowest BCUT2D eigenvalue weighted by molar-refractivity contribution is 0.133. The van der Waals surface area contributed by atoms with E-state index in [1.54, 1.807) is 13.8 Å². The van der Waals surface area contributed by atoms with Crippen LogP contribution in [0.1, 0.15) is 106 Å². The maximum Gasteiger partial charge on any atom is 0.295 e. The minimum atomic E-state index is -4.40. The van der Waals surface area contributed by atoms with Gasteiger partial charge >= 0.3 is 0 Å². The van der Waals surface area contributed by atoms with E-state index >= 15 is 0 Å². The third kappa shape index (κ3) is 9.26. The topological polar surface area (TPSA) is 76.0 Å². The summed E-state index contributed by atoms with van der Waals surface area (Å²) in [7, 11) is -4.40. The van der Waals surface area contributed by atoms with Crippen LogP contribution < -0.4 is 0 Å². The van der Waals surface area contributed by atoms with Crippen molar-refractivity contribution < 1.29 is 17.7 Å². The van der Waals surface area contributed by atoms with E-state index in [4.69, 9.17) is 9.73 Å². The molecular formula is C52H57NO4S. The van der Waals surface area contributed by atoms with Crippen LogP contribution in [0.3, 0.4) is 0 Å². The summed E-state index contributed by atoms with van der Waals surface area (Å²) in [4.78, 5) is 4.96. The molecule has 6 heteroatoms. The first kappa shape index (κ1) is 42.5. The second kappa shape index (κ2) is 17.8. The number of ether oxygens (including phenoxy) is 1. The summed E-state index contributed by atoms with van der Waals surface area (Å²) in [6, 6.07) is 30.1. The average Bonchev–Trinajstić information content (AvgIpc) is 3.15. The highest BCUT2D eigenvalue weighted by Gasteiger charge is 2.24. The third-order valence-electron chi connectivity index (χ3n) is 11.5. The molecule has 0 amide bonds. The zero-order valence-electron chi connectivity index (χ0n) is 35.8. The maximum absolute atomic E-state index is 12.5. The SMILES string of the molecule is CCOCc1cc(C(=C2C(C)=CC(=Nc3ccccc3)C=C2C)c2ccc(Cc3c(C)cc(C)cc3C)c(CC)c2)ccc1Cc1c(C)cc(C)c(S(=O)(=O)O)c1C. The van der Waals surface area contributed by atoms with Gasteiger partial charge in [0.1, 0.15) is 0 Å². The van der Waals surface area contributed by atoms with Gasteiger partial charge in [-0.3, -0.25) is 4.55 Å². The van der Waals surface area contributed by atoms with Gasteiger partial charge in [-0.1, -0.05) is 79.2 Å². The molecule has 5 aromatic rings. The lowest BCUT2D eigenvalue weighted by Gasteiger charge is -2.24. The van der Waals surface area contributed by atoms with E-state index in [2.05, 4.69) is 102 Å². The van der Waals surface area contributed by atoms with E-state index in [1.165, 1.54) is 39.0 Å². The molecule has 300 valence electrons. The summed E-state index contributed by atoms with van der Waals surface area (Å²) in [5, 5.41) is 0. The molecule has 0 unspecified atom stereocenters. The molecule has 0 atom stereocenters. The molecule has 6 rings (SSSR count). The Labute approximate surface area is 346 Å². The number of hydrogen-bond donors (Lipinski definition) is 1. The van der Waals surface area contributed by atoms with Crippen molar-refractivity contribution >= 4 is 27.1 Å². The molecule has 5 aromatic carbocycles. The minimum Gasteiger partial charge on any atom is -0.377 e. The number of allylic oxidation sites excluding steroid dienone is 5. The molecule has 0 saturated carbocycles. The van der Waals surface area contributed by atoms with E-state index in [1.807, 2.05) is 50.2 Å². The van der Waals surface area contributed by atoms with Crippen molar-refractivity contribution in [3.63, 3.8) is 0 Å². The number of aliphatic imine (C=N–C) groups is 1. The lowest BCUT2D eigenvalue weighted by Crippen LogP contribution is -2.10. The highest BCUT2D eigenvalue weighted by atomic mass is 32.2. The second-order valence-electron chi connectivity index (χ2n) is 15.9. The number of hydrogen-bond acceptors (Lipinski definition) is 4. The van der Waals surface area contributed by atoms with Gasteiger partial charge in [0, 0.05) is 6.61 Å². The average molecular weight is 792 g/mol. The van der Waals surface area contributed by atoms with E-state index in [0.29, 0.717) is 30.8 Å². The summed E-state index contributed by atoms with van der Waals surface area (Å²) in [5.41, 5.74) is 21.7. The van der Waals surface area contributed by atoms with Gasteiger partial charge in [-0.25, -0.2) is 4.99 Å². The second-order valence-corrected chi connectivity index (χ2v) is 17.2. The molecule has 0 radical (unpaired) electrons. The molecule has 0 fully saturated rings. The first-order valence-electron chi connectivity index (χ1n) is 20.3. The fourth-order valence-electron chi connectivity index (χ4n) is 8.83. The van der Waals surface area contributed by atoms with Gasteiger partial charge < -0.3 is 4.74 Å². The van der Waals surface area contributed by atoms with Gasteiger partial charge in [0.15, 0.2) is 0 Å². The van der Waals surface area contributed by atoms with Crippen molar-refractivity contribution in [2.45, 2.75) is 100 Å². The van der Waals surface area contributed by atoms with Crippen molar-refractivity contribution in [3.8, 4) is 0 Å². The highest BCUT2D eigenvalue weighted by Crippen LogP contribution is 2.39. The van der Waals surface area contributed by atoms with Crippen LogP contribution >= 0.6 is 0 Å². The quantitative estimate of drug-likeness (QED) is 0.128. The number of para-hydroxylation sites is 1. The fourth-order valence-corrected chi connectivity index (χ4v) is 9.81. The van der Waals surface area contributed by atoms with Gasteiger partial charge in [0.2, 0.25) is 0 Å². The Bertz CT molecular complexity index is 2580. The highest BCUT2D eigenvalue weighted by molar-refractivity contribution is 7.86. The van der Waals surface area contributed by atoms with Crippen LogP contribution in [0.4, 0.5) is 5.69 Å². The normalized spacial score (nSPS) is 13.1. The van der Waals surface area contributed by atoms with Crippen molar-refractivity contribution in [3.05, 3.63) is 192 Å². The molecular weight excluding hydrogens is 735 g/mol. The predicted octanol–water partition coefficient (Wildman–Crippen LogP) is 12.5. The molecule has 0 aliphatic heterocycles. The fraction of sp³-hybridized carbons (Fsp3) is 0.288. The molecule has 5 nitrogen and oxygen atoms in total. The summed E-state index contributed by atoms with van der Waals surface area (Å²) < 4.78 is 41.2. The van der Waals surface area contributed by atoms with Crippen LogP contribution in [0.2, 0.25) is 0 Å². The van der Waals surface area contributed by atoms with E-state index < -0.39 is 10.1 Å². The van der Waals surface area contributed by atoms with Crippen molar-refractivity contribution in [1.29, 1.82) is 0 Å². The Morgan fingerprint density at radius 3 is 1.76 bits per heavy atom. The van der Waals surface area contributed by atoms with Gasteiger partial charge in [-0.05, 0) is 207 Å². The molecule has 0 bridgehead atoms. The minimum absolute atomic E-state index is 0.0111. The van der Waals surface area contributed by atoms with Crippen LogP contribution in [0.15, 0.2) is 124 Å². The first-order chi connectivity index (χ1) is 27.6. The zero-order chi connectivity index (χ0) is 41.9. The standard InChI is InChI=1S/C52H57NO4S/c1-11-40-27-43(20-18-41(40)29-48-33(4)22-32(3)23-34(48)5)51(50-36(7)25-47(26-37(50)8)53-46-16-14-13-15-17-46)44-21-19-42(45(28-44)31-57-12-2)30-49-35(6)24-38(9)52(39(49)10)58(54,55)56/h13-28H,11-12,29-31H2,1-10H3,(H,54,55,56). The number of rotatable bonds is 12. The Hall–Kier alpha value is -5.14. The first-order valence-corrected chi connectivity index (χ1v) is 21.7. The van der Waals surface area contributed by atoms with E-state index in [0.717, 1.165) is 74.3 Å². The summed E-state index contributed by atoms with van der Waals surface area (Å²) in [6.45, 7) is 21.7. The van der Waals surface area contributed by atoms with Crippen LogP contribution in [0, 0.1) is 41.5 Å². The molecule has 0 saturated heterocycles. The van der Waals surface area contributed by atoms with Crippen LogP contribution in [0.25, 0.3) is 5.57 Å². The summed E-state index contributed by atoms with van der Waals surface area (Å²) >= 11 is 0. The van der Waals surface area contributed by atoms with E-state index in [9.17, 15) is 13.0 Å². The monoisotopic (exact) mass is 791 g/mol. The van der Waals surface area contributed by atoms with Gasteiger partial charge in [0.25, 0.3) is 10.1 Å². The van der Waals surface area contributed by atoms with Gasteiger partial charge in [-0.15, -0.1) is 0 Å². The van der Waals surface area contributed by atoms with Crippen LogP contribution in [-0.2, 0) is 40.7 Å². The molecule has 0 aromatic heterocycles. The Morgan fingerprint density at radius 2 is 1.19 bits per heavy atom. The predicted molar refractivity (Wildman–Crippen MR) is 241 cm³/mol. The molecule has 58 heavy (non-hydrogen) atoms. The van der Waals surface area contributed by atoms with Gasteiger partial charge in [0.05, 0.1) is 22.9 Å². The molecule has 0 spiro atoms. The zero-order valence-corrected chi connectivity index (χ0v) is 36.6. The van der Waals surface area contributed by atoms with Crippen molar-refractivity contribution in [1.82, 2.24) is 0 Å². The van der Waals surface area contributed by atoms with Crippen LogP contribution in [0.5, 0.6) is 0 Å². The molecule has 1 aliphatic carbocycles. The summed E-state index contributed by atoms with van der Waals surface area (Å²) in [6.07, 6.45) is 6.65. The Morgan fingerprint density at radius 1 is 0.638 bits per heavy atom. The largest absolute Gasteiger partial charge is 0.377 e. The van der Waals surface area contributed by atoms with E-state index in [-0.39, 0.29) is 4.90 Å². The van der Waals surface area contributed by atoms with Crippen molar-refractivity contribution in [2.75, 3.05) is 6.61 Å². The number of benzene rings is 5. The smallest absolute Gasteiger partial charge is 0.295 e. The number of nitrogens with zero attached hydrogens (tertiary/aromatic N) is 1. The molecule has 1 aliphatic rings. The molecule has 1 N–H and O–H groups in total. The van der Waals surface area contributed by atoms with Crippen LogP contribution in [-0.4, -0.2) is 25.3 Å². The van der Waals surface area contributed by atoms with Gasteiger partial charge in [-0.2, -0.15) is 8.42 Å². The summed E-state index contributed by atoms with van der Waals surface area (Å²) in [5.74, 6) is 0. The Balaban J connectivity index is 1.54. The Kier molecular flexibility index (Phi) is 13.0. The maximum atomic E-state index is 12.5. The number of aryl methyl sites for hydroxylation is 6. The lowest BCUT2D eigenvalue weighted by atomic mass is 9.81. The molecule has 0 heterocycles.